The first-order valence-corrected chi connectivity index (χ1v) is 11.0. The first-order chi connectivity index (χ1) is 16.2. The fourth-order valence-electron chi connectivity index (χ4n) is 4.43. The van der Waals surface area contributed by atoms with E-state index in [1.54, 1.807) is 42.1 Å². The summed E-state index contributed by atoms with van der Waals surface area (Å²) in [6.45, 7) is 0.608. The molecule has 4 rings (SSSR count). The topological polar surface area (TPSA) is 91.0 Å². The number of fused-ring (bicyclic) bond motifs is 1. The van der Waals surface area contributed by atoms with Crippen LogP contribution in [0.1, 0.15) is 24.1 Å². The van der Waals surface area contributed by atoms with Crippen LogP contribution in [0.4, 0.5) is 13.2 Å². The largest absolute Gasteiger partial charge is 0.406 e. The number of hydrogen-bond acceptors (Lipinski definition) is 4. The van der Waals surface area contributed by atoms with Crippen molar-refractivity contribution in [1.29, 1.82) is 5.53 Å². The van der Waals surface area contributed by atoms with Crippen LogP contribution < -0.4 is 5.32 Å². The Bertz CT molecular complexity index is 1130. The van der Waals surface area contributed by atoms with Crippen molar-refractivity contribution in [3.05, 3.63) is 78.6 Å². The standard InChI is InChI=1S/C24H25F3N6O/c1-16-13-32(15-30-16)19-9-6-17(7-10-19)21(31-28)12-29-20-11-8-18-4-2-3-5-22(18)33(23(20)34)14-24(25,26)27/h2-7,9-10,12-13,15,18,20,22,28-29H,8,11,14H2,1H3/p+1/b21-12-,31-28?. The smallest absolute Gasteiger partial charge is 0.321 e. The normalized spacial score (nSPS) is 23.1. The van der Waals surface area contributed by atoms with Crippen molar-refractivity contribution in [2.24, 2.45) is 11.0 Å². The van der Waals surface area contributed by atoms with Gasteiger partial charge >= 0.3 is 6.18 Å². The second-order valence-corrected chi connectivity index (χ2v) is 8.51. The van der Waals surface area contributed by atoms with Gasteiger partial charge in [0.25, 0.3) is 5.91 Å². The number of nitrogens with one attached hydrogen (secondary N) is 1. The summed E-state index contributed by atoms with van der Waals surface area (Å²) in [4.78, 5) is 18.3. The molecule has 3 N–H and O–H groups in total. The number of aromatic nitrogens is 2. The Morgan fingerprint density at radius 3 is 2.62 bits per heavy atom. The van der Waals surface area contributed by atoms with Crippen LogP contribution in [0, 0.1) is 18.4 Å². The van der Waals surface area contributed by atoms with E-state index in [2.05, 4.69) is 10.1 Å². The zero-order chi connectivity index (χ0) is 24.3. The molecular formula is C24H26F3N6O+. The van der Waals surface area contributed by atoms with E-state index in [4.69, 9.17) is 5.53 Å². The summed E-state index contributed by atoms with van der Waals surface area (Å²) in [5.74, 6) is -0.713. The van der Waals surface area contributed by atoms with Crippen molar-refractivity contribution in [3.8, 4) is 5.69 Å². The van der Waals surface area contributed by atoms with Crippen LogP contribution in [0.25, 0.3) is 11.4 Å². The summed E-state index contributed by atoms with van der Waals surface area (Å²) >= 11 is 0. The van der Waals surface area contributed by atoms with Gasteiger partial charge in [-0.3, -0.25) is 4.79 Å². The Morgan fingerprint density at radius 1 is 1.24 bits per heavy atom. The number of aryl methyl sites for hydroxylation is 1. The Labute approximate surface area is 195 Å². The molecule has 1 saturated heterocycles. The Kier molecular flexibility index (Phi) is 6.78. The minimum absolute atomic E-state index is 0.154. The lowest BCUT2D eigenvalue weighted by molar-refractivity contribution is -0.613. The van der Waals surface area contributed by atoms with E-state index in [-0.39, 0.29) is 5.92 Å². The van der Waals surface area contributed by atoms with Gasteiger partial charge in [-0.05, 0) is 25.5 Å². The SMILES string of the molecule is Cc1cn(-c2ccc(/C(=C/[NH2+]C3CCC4C=CC=CC4N(CC(F)(F)F)C3=O)N=N)cc2)cn1. The lowest BCUT2D eigenvalue weighted by Crippen LogP contribution is -2.88. The van der Waals surface area contributed by atoms with E-state index in [1.807, 2.05) is 42.0 Å². The van der Waals surface area contributed by atoms with E-state index in [0.29, 0.717) is 24.1 Å². The Morgan fingerprint density at radius 2 is 1.97 bits per heavy atom. The average molecular weight is 472 g/mol. The monoisotopic (exact) mass is 471 g/mol. The van der Waals surface area contributed by atoms with Gasteiger partial charge in [-0.2, -0.15) is 18.3 Å². The van der Waals surface area contributed by atoms with E-state index < -0.39 is 30.7 Å². The van der Waals surface area contributed by atoms with Gasteiger partial charge in [-0.25, -0.2) is 10.5 Å². The third-order valence-corrected chi connectivity index (χ3v) is 6.12. The number of halogens is 3. The highest BCUT2D eigenvalue weighted by molar-refractivity contribution is 5.81. The van der Waals surface area contributed by atoms with Crippen molar-refractivity contribution >= 4 is 11.6 Å². The number of imidazole rings is 1. The summed E-state index contributed by atoms with van der Waals surface area (Å²) in [7, 11) is 0. The molecule has 2 heterocycles. The molecule has 1 aliphatic carbocycles. The number of benzene rings is 1. The number of likely N-dealkylation sites (tertiary alicyclic amines) is 1. The number of carbonyl (C=O) groups excluding carboxylic acids is 1. The molecule has 0 radical (unpaired) electrons. The van der Waals surface area contributed by atoms with Gasteiger partial charge in [-0.1, -0.05) is 36.4 Å². The van der Waals surface area contributed by atoms with Crippen LogP contribution in [0.15, 0.2) is 72.4 Å². The fraction of sp³-hybridized carbons (Fsp3) is 0.333. The molecule has 34 heavy (non-hydrogen) atoms. The van der Waals surface area contributed by atoms with Crippen LogP contribution >= 0.6 is 0 Å². The predicted octanol–water partition coefficient (Wildman–Crippen LogP) is 3.74. The van der Waals surface area contributed by atoms with Crippen LogP contribution in [0.3, 0.4) is 0 Å². The lowest BCUT2D eigenvalue weighted by Gasteiger charge is -2.33. The number of rotatable bonds is 6. The van der Waals surface area contributed by atoms with Crippen molar-refractivity contribution in [2.75, 3.05) is 6.54 Å². The number of allylic oxidation sites excluding steroid dienone is 2. The highest BCUT2D eigenvalue weighted by Crippen LogP contribution is 2.30. The van der Waals surface area contributed by atoms with Gasteiger partial charge in [0, 0.05) is 29.8 Å². The molecular weight excluding hydrogens is 445 g/mol. The first-order valence-electron chi connectivity index (χ1n) is 11.0. The molecule has 0 spiro atoms. The molecule has 7 nitrogen and oxygen atoms in total. The molecule has 2 aliphatic rings. The molecule has 2 aromatic rings. The van der Waals surface area contributed by atoms with Gasteiger partial charge in [0.1, 0.15) is 18.4 Å². The molecule has 1 aliphatic heterocycles. The zero-order valence-corrected chi connectivity index (χ0v) is 18.6. The van der Waals surface area contributed by atoms with E-state index in [0.717, 1.165) is 16.3 Å². The van der Waals surface area contributed by atoms with Crippen molar-refractivity contribution in [2.45, 2.75) is 38.0 Å². The maximum Gasteiger partial charge on any atom is 0.406 e. The van der Waals surface area contributed by atoms with Crippen LogP contribution in [0.2, 0.25) is 0 Å². The summed E-state index contributed by atoms with van der Waals surface area (Å²) < 4.78 is 41.7. The van der Waals surface area contributed by atoms with Crippen molar-refractivity contribution in [1.82, 2.24) is 14.5 Å². The Balaban J connectivity index is 1.53. The third-order valence-electron chi connectivity index (χ3n) is 6.12. The van der Waals surface area contributed by atoms with Gasteiger partial charge in [0.2, 0.25) is 0 Å². The van der Waals surface area contributed by atoms with Crippen LogP contribution in [-0.2, 0) is 4.79 Å². The van der Waals surface area contributed by atoms with E-state index >= 15 is 0 Å². The average Bonchev–Trinajstić information content (AvgIpc) is 3.20. The second-order valence-electron chi connectivity index (χ2n) is 8.51. The van der Waals surface area contributed by atoms with E-state index in [9.17, 15) is 18.0 Å². The summed E-state index contributed by atoms with van der Waals surface area (Å²) in [5, 5.41) is 5.16. The minimum Gasteiger partial charge on any atom is -0.321 e. The molecule has 1 aromatic heterocycles. The van der Waals surface area contributed by atoms with Gasteiger partial charge in [0.15, 0.2) is 6.04 Å². The molecule has 0 bridgehead atoms. The molecule has 3 atom stereocenters. The number of amides is 1. The highest BCUT2D eigenvalue weighted by atomic mass is 19.4. The van der Waals surface area contributed by atoms with Gasteiger partial charge < -0.3 is 14.8 Å². The zero-order valence-electron chi connectivity index (χ0n) is 18.6. The molecule has 1 fully saturated rings. The maximum atomic E-state index is 13.3. The number of nitrogens with zero attached hydrogens (tertiary/aromatic N) is 4. The number of carbonyl (C=O) groups is 1. The van der Waals surface area contributed by atoms with Crippen LogP contribution in [-0.4, -0.2) is 45.2 Å². The maximum absolute atomic E-state index is 13.3. The van der Waals surface area contributed by atoms with Crippen LogP contribution in [0.5, 0.6) is 0 Å². The first kappa shape index (κ1) is 23.6. The summed E-state index contributed by atoms with van der Waals surface area (Å²) in [6, 6.07) is 6.00. The summed E-state index contributed by atoms with van der Waals surface area (Å²) in [5.41, 5.74) is 10.3. The van der Waals surface area contributed by atoms with Gasteiger partial charge in [0.05, 0.1) is 18.1 Å². The molecule has 0 saturated carbocycles. The van der Waals surface area contributed by atoms with E-state index in [1.165, 1.54) is 0 Å². The third kappa shape index (κ3) is 5.33. The van der Waals surface area contributed by atoms with Gasteiger partial charge in [-0.15, -0.1) is 0 Å². The highest BCUT2D eigenvalue weighted by Gasteiger charge is 2.43. The number of nitrogens with two attached hydrogens (primary N) is 1. The second kappa shape index (κ2) is 9.76. The predicted molar refractivity (Wildman–Crippen MR) is 120 cm³/mol. The molecule has 10 heteroatoms. The minimum atomic E-state index is -4.49. The lowest BCUT2D eigenvalue weighted by atomic mass is 9.90. The molecule has 1 amide bonds. The Hall–Kier alpha value is -3.53. The molecule has 178 valence electrons. The quantitative estimate of drug-likeness (QED) is 0.629. The summed E-state index contributed by atoms with van der Waals surface area (Å²) in [6.07, 6.45) is 8.71. The number of hydrogen-bond donors (Lipinski definition) is 2. The fourth-order valence-corrected chi connectivity index (χ4v) is 4.43. The molecule has 3 unspecified atom stereocenters. The van der Waals surface area contributed by atoms with Crippen molar-refractivity contribution in [3.63, 3.8) is 0 Å². The number of quaternary nitrogens is 1. The molecule has 1 aromatic carbocycles. The van der Waals surface area contributed by atoms with Crippen molar-refractivity contribution < 1.29 is 23.3 Å². The number of alkyl halides is 3.